The largest absolute Gasteiger partial charge is 0.360 e. The van der Waals surface area contributed by atoms with Crippen LogP contribution in [0.5, 0.6) is 0 Å². The first kappa shape index (κ1) is 18.2. The van der Waals surface area contributed by atoms with Gasteiger partial charge in [-0.3, -0.25) is 4.99 Å². The zero-order valence-corrected chi connectivity index (χ0v) is 16.9. The van der Waals surface area contributed by atoms with E-state index in [0.29, 0.717) is 0 Å². The third-order valence-electron chi connectivity index (χ3n) is 4.33. The summed E-state index contributed by atoms with van der Waals surface area (Å²) in [6.45, 7) is 12.2. The minimum Gasteiger partial charge on any atom is -0.360 e. The molecule has 0 spiro atoms. The van der Waals surface area contributed by atoms with Gasteiger partial charge in [0, 0.05) is 50.6 Å². The molecular weight excluding hydrogens is 350 g/mol. The Kier molecular flexibility index (Phi) is 6.31. The van der Waals surface area contributed by atoms with Crippen LogP contribution in [0.3, 0.4) is 0 Å². The van der Waals surface area contributed by atoms with Crippen LogP contribution in [0.4, 0.5) is 5.00 Å². The molecule has 0 saturated carbocycles. The number of hydrogen-bond donors (Lipinski definition) is 1. The number of hydrogen-bond acceptors (Lipinski definition) is 5. The number of nitrogens with zero attached hydrogens (tertiary/aromatic N) is 4. The highest BCUT2D eigenvalue weighted by molar-refractivity contribution is 7.14. The number of guanidine groups is 1. The topological polar surface area (TPSA) is 43.8 Å². The normalized spacial score (nSPS) is 15.7. The highest BCUT2D eigenvalue weighted by Gasteiger charge is 2.20. The van der Waals surface area contributed by atoms with E-state index in [1.807, 2.05) is 11.3 Å². The summed E-state index contributed by atoms with van der Waals surface area (Å²) in [6, 6.07) is 4.33. The van der Waals surface area contributed by atoms with Gasteiger partial charge in [-0.05, 0) is 38.3 Å². The summed E-state index contributed by atoms with van der Waals surface area (Å²) < 4.78 is 0. The zero-order valence-electron chi connectivity index (χ0n) is 15.3. The molecule has 0 amide bonds. The molecule has 1 N–H and O–H groups in total. The minimum absolute atomic E-state index is 0.815. The monoisotopic (exact) mass is 377 g/mol. The van der Waals surface area contributed by atoms with Crippen molar-refractivity contribution in [1.82, 2.24) is 15.2 Å². The molecule has 1 aliphatic heterocycles. The summed E-state index contributed by atoms with van der Waals surface area (Å²) in [4.78, 5) is 15.6. The van der Waals surface area contributed by atoms with E-state index in [-0.39, 0.29) is 0 Å². The second-order valence-electron chi connectivity index (χ2n) is 6.15. The number of aliphatic imine (C=N–C) groups is 1. The molecule has 2 aromatic heterocycles. The highest BCUT2D eigenvalue weighted by atomic mass is 32.1. The van der Waals surface area contributed by atoms with Gasteiger partial charge in [-0.15, -0.1) is 22.7 Å². The van der Waals surface area contributed by atoms with Crippen LogP contribution in [-0.4, -0.2) is 55.1 Å². The third kappa shape index (κ3) is 4.73. The molecule has 0 atom stereocenters. The van der Waals surface area contributed by atoms with Gasteiger partial charge in [-0.2, -0.15) is 0 Å². The lowest BCUT2D eigenvalue weighted by Gasteiger charge is -2.37. The molecule has 0 aromatic carbocycles. The zero-order chi connectivity index (χ0) is 17.6. The van der Waals surface area contributed by atoms with Gasteiger partial charge in [-0.1, -0.05) is 0 Å². The molecule has 1 fully saturated rings. The minimum atomic E-state index is 0.815. The van der Waals surface area contributed by atoms with Crippen molar-refractivity contribution in [2.24, 2.45) is 4.99 Å². The van der Waals surface area contributed by atoms with Crippen molar-refractivity contribution in [1.29, 1.82) is 0 Å². The Hall–Kier alpha value is -1.60. The average Bonchev–Trinajstić information content (AvgIpc) is 3.24. The molecule has 3 heterocycles. The van der Waals surface area contributed by atoms with Crippen LogP contribution >= 0.6 is 22.7 Å². The number of aromatic nitrogens is 1. The van der Waals surface area contributed by atoms with Gasteiger partial charge >= 0.3 is 0 Å². The number of thiophene rings is 1. The van der Waals surface area contributed by atoms with E-state index < -0.39 is 0 Å². The van der Waals surface area contributed by atoms with E-state index in [4.69, 9.17) is 4.99 Å². The fourth-order valence-electron chi connectivity index (χ4n) is 3.08. The van der Waals surface area contributed by atoms with Gasteiger partial charge in [0.15, 0.2) is 5.96 Å². The van der Waals surface area contributed by atoms with Crippen molar-refractivity contribution >= 4 is 33.6 Å². The number of thiazole rings is 1. The van der Waals surface area contributed by atoms with Crippen LogP contribution in [0, 0.1) is 13.8 Å². The highest BCUT2D eigenvalue weighted by Crippen LogP contribution is 2.22. The van der Waals surface area contributed by atoms with Gasteiger partial charge in [0.25, 0.3) is 0 Å². The van der Waals surface area contributed by atoms with Crippen molar-refractivity contribution in [2.75, 3.05) is 44.2 Å². The van der Waals surface area contributed by atoms with Crippen LogP contribution in [0.15, 0.2) is 22.5 Å². The van der Waals surface area contributed by atoms with Crippen molar-refractivity contribution in [3.63, 3.8) is 0 Å². The molecule has 3 rings (SSSR count). The molecule has 0 radical (unpaired) electrons. The quantitative estimate of drug-likeness (QED) is 0.642. The lowest BCUT2D eigenvalue weighted by Crippen LogP contribution is -2.52. The second kappa shape index (κ2) is 8.67. The van der Waals surface area contributed by atoms with Gasteiger partial charge in [0.1, 0.15) is 0 Å². The fourth-order valence-corrected chi connectivity index (χ4v) is 4.79. The van der Waals surface area contributed by atoms with Crippen LogP contribution in [0.25, 0.3) is 0 Å². The molecule has 136 valence electrons. The molecule has 0 bridgehead atoms. The molecule has 25 heavy (non-hydrogen) atoms. The number of aryl methyl sites for hydroxylation is 2. The van der Waals surface area contributed by atoms with Crippen molar-refractivity contribution < 1.29 is 0 Å². The van der Waals surface area contributed by atoms with Gasteiger partial charge in [0.2, 0.25) is 0 Å². The molecule has 5 nitrogen and oxygen atoms in total. The first-order valence-electron chi connectivity index (χ1n) is 8.92. The van der Waals surface area contributed by atoms with Crippen molar-refractivity contribution in [3.8, 4) is 0 Å². The molecule has 1 saturated heterocycles. The Labute approximate surface area is 158 Å². The summed E-state index contributed by atoms with van der Waals surface area (Å²) in [5, 5.41) is 8.12. The maximum absolute atomic E-state index is 4.87. The van der Waals surface area contributed by atoms with Crippen molar-refractivity contribution in [3.05, 3.63) is 33.1 Å². The summed E-state index contributed by atoms with van der Waals surface area (Å²) in [6.07, 6.45) is 0.974. The fraction of sp³-hybridized carbons (Fsp3) is 0.556. The smallest absolute Gasteiger partial charge is 0.194 e. The number of piperazine rings is 1. The predicted molar refractivity (Wildman–Crippen MR) is 109 cm³/mol. The van der Waals surface area contributed by atoms with Crippen LogP contribution in [0.2, 0.25) is 0 Å². The molecule has 0 unspecified atom stereocenters. The van der Waals surface area contributed by atoms with Crippen LogP contribution in [-0.2, 0) is 6.42 Å². The van der Waals surface area contributed by atoms with Crippen molar-refractivity contribution in [2.45, 2.75) is 27.2 Å². The molecule has 2 aromatic rings. The summed E-state index contributed by atoms with van der Waals surface area (Å²) >= 11 is 3.61. The summed E-state index contributed by atoms with van der Waals surface area (Å²) in [5.74, 6) is 1.05. The van der Waals surface area contributed by atoms with Gasteiger partial charge in [0.05, 0.1) is 15.7 Å². The maximum Gasteiger partial charge on any atom is 0.194 e. The van der Waals surface area contributed by atoms with E-state index in [0.717, 1.165) is 62.4 Å². The van der Waals surface area contributed by atoms with E-state index in [1.165, 1.54) is 9.88 Å². The Morgan fingerprint density at radius 2 is 2.08 bits per heavy atom. The average molecular weight is 378 g/mol. The second-order valence-corrected chi connectivity index (χ2v) is 8.37. The van der Waals surface area contributed by atoms with Gasteiger partial charge in [-0.25, -0.2) is 4.98 Å². The first-order valence-corrected chi connectivity index (χ1v) is 10.6. The Morgan fingerprint density at radius 1 is 1.28 bits per heavy atom. The predicted octanol–water partition coefficient (Wildman–Crippen LogP) is 3.15. The van der Waals surface area contributed by atoms with E-state index in [1.54, 1.807) is 11.3 Å². The summed E-state index contributed by atoms with van der Waals surface area (Å²) in [5.41, 5.74) is 1.16. The lowest BCUT2D eigenvalue weighted by atomic mass is 10.3. The molecular formula is C18H27N5S2. The lowest BCUT2D eigenvalue weighted by molar-refractivity contribution is 0.373. The maximum atomic E-state index is 4.87. The van der Waals surface area contributed by atoms with E-state index in [2.05, 4.69) is 58.4 Å². The number of nitrogens with one attached hydrogen (secondary N) is 1. The third-order valence-corrected chi connectivity index (χ3v) is 6.39. The number of anilines is 1. The summed E-state index contributed by atoms with van der Waals surface area (Å²) in [7, 11) is 0. The Morgan fingerprint density at radius 3 is 2.68 bits per heavy atom. The van der Waals surface area contributed by atoms with E-state index in [9.17, 15) is 0 Å². The Bertz CT molecular complexity index is 684. The van der Waals surface area contributed by atoms with Gasteiger partial charge < -0.3 is 15.1 Å². The van der Waals surface area contributed by atoms with E-state index >= 15 is 0 Å². The molecule has 7 heteroatoms. The standard InChI is InChI=1S/C18H27N5S2/c1-4-19-18(20-8-7-16-14(2)21-15(3)25-16)23-11-9-22(10-12-23)17-6-5-13-24-17/h5-6,13H,4,7-12H2,1-3H3,(H,19,20). The molecule has 1 aliphatic rings. The van der Waals surface area contributed by atoms with Crippen LogP contribution < -0.4 is 10.2 Å². The SMILES string of the molecule is CCNC(=NCCc1sc(C)nc1C)N1CCN(c2cccs2)CC1. The van der Waals surface area contributed by atoms with Crippen LogP contribution in [0.1, 0.15) is 22.5 Å². The molecule has 0 aliphatic carbocycles. The number of rotatable bonds is 5. The first-order chi connectivity index (χ1) is 12.2. The Balaban J connectivity index is 1.56.